The van der Waals surface area contributed by atoms with Gasteiger partial charge in [0.05, 0.1) is 35.7 Å². The number of nitrogens with zero attached hydrogens (tertiary/aromatic N) is 4. The van der Waals surface area contributed by atoms with E-state index in [9.17, 15) is 0 Å². The number of nitrogens with two attached hydrogens (primary N) is 1. The Kier molecular flexibility index (Phi) is 4.11. The first kappa shape index (κ1) is 14.9. The fourth-order valence-corrected chi connectivity index (χ4v) is 2.09. The van der Waals surface area contributed by atoms with E-state index in [4.69, 9.17) is 22.5 Å². The van der Waals surface area contributed by atoms with Crippen LogP contribution in [-0.4, -0.2) is 25.8 Å². The molecule has 0 radical (unpaired) electrons. The van der Waals surface area contributed by atoms with E-state index >= 15 is 0 Å². The lowest BCUT2D eigenvalue weighted by atomic mass is 10.3. The summed E-state index contributed by atoms with van der Waals surface area (Å²) in [6, 6.07) is 10.8. The average molecular weight is 329 g/mol. The van der Waals surface area contributed by atoms with Crippen molar-refractivity contribution in [1.29, 1.82) is 0 Å². The summed E-state index contributed by atoms with van der Waals surface area (Å²) in [5.74, 6) is -0.0351. The van der Waals surface area contributed by atoms with Crippen molar-refractivity contribution in [1.82, 2.24) is 14.8 Å². The van der Waals surface area contributed by atoms with Gasteiger partial charge in [0.15, 0.2) is 5.84 Å². The first-order valence-electron chi connectivity index (χ1n) is 6.67. The van der Waals surface area contributed by atoms with E-state index in [0.717, 1.165) is 17.1 Å². The largest absolute Gasteiger partial charge is 0.409 e. The minimum absolute atomic E-state index is 0.0351. The number of hydrogen-bond donors (Lipinski definition) is 3. The highest BCUT2D eigenvalue weighted by molar-refractivity contribution is 6.30. The number of halogens is 1. The summed E-state index contributed by atoms with van der Waals surface area (Å²) >= 11 is 5.88. The van der Waals surface area contributed by atoms with Crippen LogP contribution in [0.4, 0.5) is 11.4 Å². The zero-order valence-electron chi connectivity index (χ0n) is 11.9. The molecule has 0 unspecified atom stereocenters. The van der Waals surface area contributed by atoms with Crippen LogP contribution in [-0.2, 0) is 0 Å². The molecule has 0 spiro atoms. The molecule has 0 fully saturated rings. The number of amidine groups is 1. The van der Waals surface area contributed by atoms with Gasteiger partial charge in [0.2, 0.25) is 0 Å². The van der Waals surface area contributed by atoms with E-state index in [1.165, 1.54) is 0 Å². The van der Waals surface area contributed by atoms with Crippen molar-refractivity contribution in [3.8, 4) is 5.69 Å². The molecule has 0 amide bonds. The smallest absolute Gasteiger partial charge is 0.188 e. The van der Waals surface area contributed by atoms with E-state index in [0.29, 0.717) is 10.7 Å². The molecule has 3 aromatic rings. The number of benzene rings is 1. The van der Waals surface area contributed by atoms with Crippen LogP contribution < -0.4 is 11.1 Å². The third kappa shape index (κ3) is 3.41. The van der Waals surface area contributed by atoms with Crippen LogP contribution in [0.15, 0.2) is 60.1 Å². The predicted molar refractivity (Wildman–Crippen MR) is 88.6 cm³/mol. The molecular formula is C15H13ClN6O. The van der Waals surface area contributed by atoms with Gasteiger partial charge in [0, 0.05) is 5.02 Å². The maximum atomic E-state index is 8.61. The topological polar surface area (TPSA) is 101 Å². The Labute approximate surface area is 137 Å². The normalized spacial score (nSPS) is 11.4. The second-order valence-electron chi connectivity index (χ2n) is 4.69. The first-order chi connectivity index (χ1) is 11.2. The molecule has 23 heavy (non-hydrogen) atoms. The highest BCUT2D eigenvalue weighted by atomic mass is 35.5. The van der Waals surface area contributed by atoms with E-state index in [2.05, 4.69) is 20.6 Å². The van der Waals surface area contributed by atoms with E-state index in [-0.39, 0.29) is 5.84 Å². The minimum atomic E-state index is -0.0351. The molecule has 0 saturated heterocycles. The molecule has 0 bridgehead atoms. The van der Waals surface area contributed by atoms with Crippen molar-refractivity contribution in [2.75, 3.05) is 5.32 Å². The summed E-state index contributed by atoms with van der Waals surface area (Å²) in [6.45, 7) is 0. The number of rotatable bonds is 4. The Morgan fingerprint density at radius 1 is 1.13 bits per heavy atom. The van der Waals surface area contributed by atoms with Gasteiger partial charge < -0.3 is 16.3 Å². The maximum absolute atomic E-state index is 8.61. The van der Waals surface area contributed by atoms with Gasteiger partial charge in [-0.3, -0.25) is 4.98 Å². The molecule has 8 heteroatoms. The molecule has 1 aromatic carbocycles. The molecule has 2 heterocycles. The molecule has 2 aromatic heterocycles. The summed E-state index contributed by atoms with van der Waals surface area (Å²) in [6.07, 6.45) is 5.14. The summed E-state index contributed by atoms with van der Waals surface area (Å²) in [5, 5.41) is 19.7. The van der Waals surface area contributed by atoms with E-state index in [1.54, 1.807) is 41.3 Å². The van der Waals surface area contributed by atoms with Crippen molar-refractivity contribution in [3.63, 3.8) is 0 Å². The number of oxime groups is 1. The van der Waals surface area contributed by atoms with Crippen molar-refractivity contribution in [2.45, 2.75) is 0 Å². The Hall–Kier alpha value is -3.06. The van der Waals surface area contributed by atoms with E-state index in [1.807, 2.05) is 18.3 Å². The molecule has 0 saturated carbocycles. The highest BCUT2D eigenvalue weighted by Gasteiger charge is 2.04. The Morgan fingerprint density at radius 2 is 1.91 bits per heavy atom. The first-order valence-corrected chi connectivity index (χ1v) is 7.05. The summed E-state index contributed by atoms with van der Waals surface area (Å²) in [5.41, 5.74) is 8.34. The molecular weight excluding hydrogens is 316 g/mol. The van der Waals surface area contributed by atoms with Crippen molar-refractivity contribution in [2.24, 2.45) is 10.9 Å². The van der Waals surface area contributed by atoms with Gasteiger partial charge in [-0.15, -0.1) is 0 Å². The number of hydrogen-bond acceptors (Lipinski definition) is 5. The predicted octanol–water partition coefficient (Wildman–Crippen LogP) is 2.76. The van der Waals surface area contributed by atoms with E-state index < -0.39 is 0 Å². The number of pyridine rings is 1. The van der Waals surface area contributed by atoms with Crippen LogP contribution in [0.5, 0.6) is 0 Å². The summed E-state index contributed by atoms with van der Waals surface area (Å²) < 4.78 is 1.73. The fourth-order valence-electron chi connectivity index (χ4n) is 1.96. The maximum Gasteiger partial charge on any atom is 0.188 e. The molecule has 7 nitrogen and oxygen atoms in total. The molecule has 4 N–H and O–H groups in total. The van der Waals surface area contributed by atoms with Gasteiger partial charge in [0.1, 0.15) is 5.69 Å². The third-order valence-corrected chi connectivity index (χ3v) is 3.35. The Morgan fingerprint density at radius 3 is 2.57 bits per heavy atom. The number of nitrogens with one attached hydrogen (secondary N) is 1. The average Bonchev–Trinajstić information content (AvgIpc) is 3.04. The highest BCUT2D eigenvalue weighted by Crippen LogP contribution is 2.18. The molecule has 3 rings (SSSR count). The van der Waals surface area contributed by atoms with Gasteiger partial charge in [-0.1, -0.05) is 16.8 Å². The van der Waals surface area contributed by atoms with Crippen LogP contribution in [0.2, 0.25) is 5.02 Å². The monoisotopic (exact) mass is 328 g/mol. The van der Waals surface area contributed by atoms with Crippen molar-refractivity contribution < 1.29 is 5.21 Å². The molecule has 0 aliphatic carbocycles. The molecule has 0 aliphatic heterocycles. The van der Waals surface area contributed by atoms with Gasteiger partial charge >= 0.3 is 0 Å². The second-order valence-corrected chi connectivity index (χ2v) is 5.13. The SMILES string of the molecule is N/C(=N\O)c1ccc(Nc2cnn(-c3ccc(Cl)cc3)c2)cn1. The molecule has 0 atom stereocenters. The van der Waals surface area contributed by atoms with Crippen LogP contribution >= 0.6 is 11.6 Å². The van der Waals surface area contributed by atoms with Crippen molar-refractivity contribution in [3.05, 3.63) is 65.7 Å². The third-order valence-electron chi connectivity index (χ3n) is 3.10. The van der Waals surface area contributed by atoms with Gasteiger partial charge in [-0.2, -0.15) is 5.10 Å². The van der Waals surface area contributed by atoms with Gasteiger partial charge in [-0.25, -0.2) is 4.68 Å². The molecule has 0 aliphatic rings. The number of anilines is 2. The Bertz CT molecular complexity index is 826. The van der Waals surface area contributed by atoms with Crippen molar-refractivity contribution >= 4 is 28.8 Å². The lowest BCUT2D eigenvalue weighted by molar-refractivity contribution is 0.318. The van der Waals surface area contributed by atoms with Crippen LogP contribution in [0, 0.1) is 0 Å². The fraction of sp³-hybridized carbons (Fsp3) is 0. The standard InChI is InChI=1S/C15H13ClN6O/c16-10-1-4-13(5-2-10)22-9-12(8-19-22)20-11-3-6-14(18-7-11)15(17)21-23/h1-9,20,23H,(H2,17,21). The zero-order valence-corrected chi connectivity index (χ0v) is 12.6. The van der Waals surface area contributed by atoms with Crippen LogP contribution in [0.1, 0.15) is 5.69 Å². The lowest BCUT2D eigenvalue weighted by Gasteiger charge is -2.04. The number of aromatic nitrogens is 3. The lowest BCUT2D eigenvalue weighted by Crippen LogP contribution is -2.14. The van der Waals surface area contributed by atoms with Crippen LogP contribution in [0.25, 0.3) is 5.69 Å². The zero-order chi connectivity index (χ0) is 16.2. The quantitative estimate of drug-likeness (QED) is 0.296. The van der Waals surface area contributed by atoms with Crippen LogP contribution in [0.3, 0.4) is 0 Å². The summed E-state index contributed by atoms with van der Waals surface area (Å²) in [7, 11) is 0. The Balaban J connectivity index is 1.75. The summed E-state index contributed by atoms with van der Waals surface area (Å²) in [4.78, 5) is 4.10. The minimum Gasteiger partial charge on any atom is -0.409 e. The van der Waals surface area contributed by atoms with Gasteiger partial charge in [0.25, 0.3) is 0 Å². The molecule has 116 valence electrons. The second kappa shape index (κ2) is 6.37. The van der Waals surface area contributed by atoms with Gasteiger partial charge in [-0.05, 0) is 36.4 Å².